The number of fused-ring (bicyclic) bond motifs is 7. The van der Waals surface area contributed by atoms with Crippen LogP contribution in [0.15, 0.2) is 72.8 Å². The number of rotatable bonds is 5. The molecule has 7 rings (SSSR count). The zero-order valence-corrected chi connectivity index (χ0v) is 25.1. The summed E-state index contributed by atoms with van der Waals surface area (Å²) in [6.07, 6.45) is -0.464. The van der Waals surface area contributed by atoms with E-state index in [9.17, 15) is 9.59 Å². The van der Waals surface area contributed by atoms with Crippen molar-refractivity contribution in [2.45, 2.75) is 18.7 Å². The molecule has 3 aromatic carbocycles. The van der Waals surface area contributed by atoms with E-state index in [1.165, 1.54) is 7.11 Å². The number of amides is 2. The van der Waals surface area contributed by atoms with Gasteiger partial charge < -0.3 is 39.2 Å². The molecule has 4 bridgehead atoms. The van der Waals surface area contributed by atoms with Crippen LogP contribution in [0.4, 0.5) is 5.82 Å². The highest BCUT2D eigenvalue weighted by Gasteiger charge is 2.37. The smallest absolute Gasteiger partial charge is 0.258 e. The van der Waals surface area contributed by atoms with Gasteiger partial charge in [0.1, 0.15) is 11.9 Å². The number of nitrogens with zero attached hydrogens (tertiary/aromatic N) is 3. The maximum atomic E-state index is 13.6. The van der Waals surface area contributed by atoms with E-state index in [1.54, 1.807) is 38.5 Å². The lowest BCUT2D eigenvalue weighted by Gasteiger charge is -2.22. The maximum absolute atomic E-state index is 13.6. The molecule has 1 aromatic heterocycles. The lowest BCUT2D eigenvalue weighted by molar-refractivity contribution is -0.123. The first-order valence-corrected chi connectivity index (χ1v) is 14.4. The molecular formula is C33H33N5O7. The maximum Gasteiger partial charge on any atom is 0.258 e. The number of methoxy groups -OCH3 is 3. The largest absolute Gasteiger partial charge is 0.496 e. The third-order valence-electron chi connectivity index (χ3n) is 7.72. The molecule has 0 radical (unpaired) electrons. The third-order valence-corrected chi connectivity index (χ3v) is 7.72. The van der Waals surface area contributed by atoms with Gasteiger partial charge in [0.05, 0.1) is 39.6 Å². The number of hydrogen-bond acceptors (Lipinski definition) is 10. The molecule has 12 nitrogen and oxygen atoms in total. The second-order valence-corrected chi connectivity index (χ2v) is 10.5. The van der Waals surface area contributed by atoms with Crippen LogP contribution in [-0.4, -0.2) is 75.2 Å². The van der Waals surface area contributed by atoms with E-state index in [4.69, 9.17) is 23.7 Å². The number of hydrogen-bond donors (Lipinski definition) is 2. The lowest BCUT2D eigenvalue weighted by atomic mass is 10.1. The number of para-hydroxylation sites is 1. The molecule has 1 saturated heterocycles. The topological polar surface area (TPSA) is 133 Å². The van der Waals surface area contributed by atoms with Gasteiger partial charge in [0, 0.05) is 24.2 Å². The van der Waals surface area contributed by atoms with Crippen LogP contribution in [0.5, 0.6) is 28.7 Å². The Hall–Kier alpha value is -5.52. The van der Waals surface area contributed by atoms with E-state index in [-0.39, 0.29) is 30.7 Å². The molecule has 12 heteroatoms. The molecule has 2 N–H and O–H groups in total. The Morgan fingerprint density at radius 2 is 1.64 bits per heavy atom. The monoisotopic (exact) mass is 611 g/mol. The molecule has 3 aliphatic heterocycles. The second-order valence-electron chi connectivity index (χ2n) is 10.5. The predicted octanol–water partition coefficient (Wildman–Crippen LogP) is 3.24. The Morgan fingerprint density at radius 1 is 0.822 bits per heavy atom. The van der Waals surface area contributed by atoms with Crippen LogP contribution < -0.4 is 39.2 Å². The van der Waals surface area contributed by atoms with E-state index in [0.717, 1.165) is 11.1 Å². The number of carbonyl (C=O) groups excluding carboxylic acids is 2. The third kappa shape index (κ3) is 6.40. The van der Waals surface area contributed by atoms with Crippen molar-refractivity contribution < 1.29 is 33.3 Å². The molecule has 0 aliphatic carbocycles. The van der Waals surface area contributed by atoms with E-state index < -0.39 is 12.1 Å². The van der Waals surface area contributed by atoms with Gasteiger partial charge in [-0.2, -0.15) is 0 Å². The van der Waals surface area contributed by atoms with Crippen LogP contribution in [0.1, 0.15) is 15.9 Å². The van der Waals surface area contributed by atoms with Crippen molar-refractivity contribution in [1.82, 2.24) is 20.8 Å². The highest BCUT2D eigenvalue weighted by Crippen LogP contribution is 2.33. The summed E-state index contributed by atoms with van der Waals surface area (Å²) >= 11 is 0. The fourth-order valence-electron chi connectivity index (χ4n) is 5.37. The van der Waals surface area contributed by atoms with Gasteiger partial charge >= 0.3 is 0 Å². The van der Waals surface area contributed by atoms with E-state index in [1.807, 2.05) is 53.4 Å². The summed E-state index contributed by atoms with van der Waals surface area (Å²) in [6, 6.07) is 21.3. The second kappa shape index (κ2) is 13.0. The molecule has 0 spiro atoms. The molecule has 0 saturated carbocycles. The Morgan fingerprint density at radius 3 is 2.42 bits per heavy atom. The molecule has 4 aromatic rings. The average molecular weight is 612 g/mol. The highest BCUT2D eigenvalue weighted by molar-refractivity contribution is 5.95. The number of carbonyl (C=O) groups is 2. The summed E-state index contributed by atoms with van der Waals surface area (Å²) in [7, 11) is 4.67. The minimum Gasteiger partial charge on any atom is -0.496 e. The fraction of sp³-hybridized carbons (Fsp3) is 0.273. The van der Waals surface area contributed by atoms with Gasteiger partial charge in [0.2, 0.25) is 0 Å². The SMILES string of the molecule is COc1ccc2cc1OCC(=O)NCc1ccc(c(OC)c1)O[C@H]1CN(c3ccc(-c4ccccc4OC)nn3)C[C@@H]1NC2=O. The number of anilines is 1. The number of ether oxygens (including phenoxy) is 5. The molecule has 232 valence electrons. The van der Waals surface area contributed by atoms with Gasteiger partial charge in [0.15, 0.2) is 35.4 Å². The van der Waals surface area contributed by atoms with Gasteiger partial charge in [0.25, 0.3) is 11.8 Å². The van der Waals surface area contributed by atoms with Gasteiger partial charge in [-0.05, 0) is 60.2 Å². The van der Waals surface area contributed by atoms with Crippen molar-refractivity contribution in [2.75, 3.05) is 45.9 Å². The molecular weight excluding hydrogens is 578 g/mol. The highest BCUT2D eigenvalue weighted by atomic mass is 16.5. The van der Waals surface area contributed by atoms with Crippen molar-refractivity contribution in [1.29, 1.82) is 0 Å². The van der Waals surface area contributed by atoms with Crippen LogP contribution in [-0.2, 0) is 11.3 Å². The lowest BCUT2D eigenvalue weighted by Crippen LogP contribution is -2.45. The zero-order valence-electron chi connectivity index (χ0n) is 25.1. The van der Waals surface area contributed by atoms with Crippen molar-refractivity contribution in [3.8, 4) is 40.0 Å². The average Bonchev–Trinajstić information content (AvgIpc) is 3.47. The molecule has 0 unspecified atom stereocenters. The molecule has 3 aliphatic rings. The minimum absolute atomic E-state index is 0.254. The van der Waals surface area contributed by atoms with E-state index in [2.05, 4.69) is 20.8 Å². The molecule has 2 atom stereocenters. The van der Waals surface area contributed by atoms with Crippen LogP contribution in [0.25, 0.3) is 11.3 Å². The number of nitrogens with one attached hydrogen (secondary N) is 2. The summed E-state index contributed by atoms with van der Waals surface area (Å²) in [5.74, 6) is 2.37. The van der Waals surface area contributed by atoms with Gasteiger partial charge in [-0.1, -0.05) is 18.2 Å². The first kappa shape index (κ1) is 29.5. The standard InChI is InChI=1S/C33H33N5O7/c1-41-25-7-5-4-6-22(25)23-10-13-31(37-36-23)38-17-24-30(18-38)45-27-11-8-20(14-28(27)43-3)16-34-32(39)19-44-29-15-21(33(40)35-24)9-12-26(29)42-2/h4-15,24,30H,16-19H2,1-3H3,(H,34,39)(H,35,40)/t24-,30-/m0/s1. The predicted molar refractivity (Wildman–Crippen MR) is 165 cm³/mol. The number of benzene rings is 3. The Kier molecular flexibility index (Phi) is 8.54. The van der Waals surface area contributed by atoms with Crippen molar-refractivity contribution >= 4 is 17.6 Å². The summed E-state index contributed by atoms with van der Waals surface area (Å²) in [6.45, 7) is 0.846. The molecule has 1 fully saturated rings. The normalized spacial score (nSPS) is 18.1. The van der Waals surface area contributed by atoms with Gasteiger partial charge in [-0.25, -0.2) is 0 Å². The van der Waals surface area contributed by atoms with Crippen LogP contribution in [0.2, 0.25) is 0 Å². The van der Waals surface area contributed by atoms with Gasteiger partial charge in [-0.3, -0.25) is 9.59 Å². The van der Waals surface area contributed by atoms with Crippen LogP contribution in [0, 0.1) is 0 Å². The summed E-state index contributed by atoms with van der Waals surface area (Å²) in [4.78, 5) is 28.1. The molecule has 45 heavy (non-hydrogen) atoms. The quantitative estimate of drug-likeness (QED) is 0.347. The van der Waals surface area contributed by atoms with E-state index >= 15 is 0 Å². The Bertz CT molecular complexity index is 1700. The van der Waals surface area contributed by atoms with Crippen LogP contribution >= 0.6 is 0 Å². The summed E-state index contributed by atoms with van der Waals surface area (Å²) < 4.78 is 28.8. The summed E-state index contributed by atoms with van der Waals surface area (Å²) in [5.41, 5.74) is 2.68. The Balaban J connectivity index is 1.31. The minimum atomic E-state index is -0.464. The fourth-order valence-corrected chi connectivity index (χ4v) is 5.37. The Labute approximate surface area is 260 Å². The van der Waals surface area contributed by atoms with E-state index in [0.29, 0.717) is 53.2 Å². The summed E-state index contributed by atoms with van der Waals surface area (Å²) in [5, 5.41) is 14.9. The van der Waals surface area contributed by atoms with Crippen molar-refractivity contribution in [3.63, 3.8) is 0 Å². The van der Waals surface area contributed by atoms with Crippen LogP contribution in [0.3, 0.4) is 0 Å². The first-order chi connectivity index (χ1) is 21.9. The zero-order chi connectivity index (χ0) is 31.3. The molecule has 2 amide bonds. The van der Waals surface area contributed by atoms with Gasteiger partial charge in [-0.15, -0.1) is 10.2 Å². The van der Waals surface area contributed by atoms with Crippen molar-refractivity contribution in [3.05, 3.63) is 83.9 Å². The molecule has 4 heterocycles. The van der Waals surface area contributed by atoms with Crippen molar-refractivity contribution in [2.24, 2.45) is 0 Å². The number of aromatic nitrogens is 2. The first-order valence-electron chi connectivity index (χ1n) is 14.4.